The Balaban J connectivity index is 2.05. The SMILES string of the molecule is COC(=O)[C@H](Cc1ccccc1C)NC(=O)Cc1ccccc1. The summed E-state index contributed by atoms with van der Waals surface area (Å²) >= 11 is 0. The van der Waals surface area contributed by atoms with Crippen LogP contribution in [-0.2, 0) is 27.2 Å². The molecule has 23 heavy (non-hydrogen) atoms. The highest BCUT2D eigenvalue weighted by atomic mass is 16.5. The first kappa shape index (κ1) is 16.7. The molecule has 2 aromatic rings. The van der Waals surface area contributed by atoms with Crippen molar-refractivity contribution in [1.82, 2.24) is 5.32 Å². The average molecular weight is 311 g/mol. The van der Waals surface area contributed by atoms with Gasteiger partial charge in [0.05, 0.1) is 13.5 Å². The van der Waals surface area contributed by atoms with Gasteiger partial charge >= 0.3 is 5.97 Å². The largest absolute Gasteiger partial charge is 0.467 e. The van der Waals surface area contributed by atoms with Crippen molar-refractivity contribution < 1.29 is 14.3 Å². The number of hydrogen-bond acceptors (Lipinski definition) is 3. The van der Waals surface area contributed by atoms with Gasteiger partial charge in [-0.1, -0.05) is 54.6 Å². The van der Waals surface area contributed by atoms with Crippen molar-refractivity contribution in [3.05, 3.63) is 71.3 Å². The topological polar surface area (TPSA) is 55.4 Å². The van der Waals surface area contributed by atoms with Crippen LogP contribution in [0.1, 0.15) is 16.7 Å². The first-order valence-corrected chi connectivity index (χ1v) is 7.55. The standard InChI is InChI=1S/C19H21NO3/c1-14-8-6-7-11-16(14)13-17(19(22)23-2)20-18(21)12-15-9-4-3-5-10-15/h3-11,17H,12-13H2,1-2H3,(H,20,21)/t17-/m0/s1. The van der Waals surface area contributed by atoms with Crippen molar-refractivity contribution >= 4 is 11.9 Å². The van der Waals surface area contributed by atoms with Crippen molar-refractivity contribution in [3.8, 4) is 0 Å². The summed E-state index contributed by atoms with van der Waals surface area (Å²) in [6, 6.07) is 16.5. The maximum absolute atomic E-state index is 12.2. The molecule has 2 aromatic carbocycles. The van der Waals surface area contributed by atoms with Gasteiger partial charge in [0.15, 0.2) is 0 Å². The smallest absolute Gasteiger partial charge is 0.328 e. The molecule has 120 valence electrons. The van der Waals surface area contributed by atoms with Crippen LogP contribution in [0.3, 0.4) is 0 Å². The number of hydrogen-bond donors (Lipinski definition) is 1. The molecule has 4 nitrogen and oxygen atoms in total. The van der Waals surface area contributed by atoms with E-state index in [1.54, 1.807) is 0 Å². The molecule has 4 heteroatoms. The van der Waals surface area contributed by atoms with Crippen LogP contribution in [0.5, 0.6) is 0 Å². The minimum Gasteiger partial charge on any atom is -0.467 e. The lowest BCUT2D eigenvalue weighted by molar-refractivity contribution is -0.145. The van der Waals surface area contributed by atoms with Crippen LogP contribution >= 0.6 is 0 Å². The van der Waals surface area contributed by atoms with Crippen molar-refractivity contribution in [3.63, 3.8) is 0 Å². The van der Waals surface area contributed by atoms with E-state index >= 15 is 0 Å². The van der Waals surface area contributed by atoms with E-state index in [4.69, 9.17) is 4.74 Å². The molecule has 0 saturated carbocycles. The number of nitrogens with one attached hydrogen (secondary N) is 1. The van der Waals surface area contributed by atoms with E-state index in [2.05, 4.69) is 5.32 Å². The Morgan fingerprint density at radius 1 is 1.04 bits per heavy atom. The van der Waals surface area contributed by atoms with Crippen molar-refractivity contribution in [2.75, 3.05) is 7.11 Å². The molecule has 1 atom stereocenters. The van der Waals surface area contributed by atoms with Crippen molar-refractivity contribution in [2.24, 2.45) is 0 Å². The van der Waals surface area contributed by atoms with Crippen LogP contribution in [-0.4, -0.2) is 25.0 Å². The van der Waals surface area contributed by atoms with Gasteiger partial charge in [-0.15, -0.1) is 0 Å². The van der Waals surface area contributed by atoms with E-state index in [1.807, 2.05) is 61.5 Å². The lowest BCUT2D eigenvalue weighted by Crippen LogP contribution is -2.43. The molecule has 0 fully saturated rings. The Labute approximate surface area is 136 Å². The number of ether oxygens (including phenoxy) is 1. The highest BCUT2D eigenvalue weighted by Gasteiger charge is 2.22. The predicted octanol–water partition coefficient (Wildman–Crippen LogP) is 2.44. The quantitative estimate of drug-likeness (QED) is 0.834. The summed E-state index contributed by atoms with van der Waals surface area (Å²) in [5, 5.41) is 2.78. The Morgan fingerprint density at radius 2 is 1.70 bits per heavy atom. The molecule has 0 radical (unpaired) electrons. The zero-order chi connectivity index (χ0) is 16.7. The Hall–Kier alpha value is -2.62. The fourth-order valence-electron chi connectivity index (χ4n) is 2.42. The van der Waals surface area contributed by atoms with E-state index < -0.39 is 12.0 Å². The lowest BCUT2D eigenvalue weighted by atomic mass is 10.0. The van der Waals surface area contributed by atoms with Crippen LogP contribution < -0.4 is 5.32 Å². The number of benzene rings is 2. The van der Waals surface area contributed by atoms with Crippen LogP contribution in [0.2, 0.25) is 0 Å². The second kappa shape index (κ2) is 8.13. The summed E-state index contributed by atoms with van der Waals surface area (Å²) in [5.74, 6) is -0.630. The summed E-state index contributed by atoms with van der Waals surface area (Å²) in [6.45, 7) is 1.98. The Kier molecular flexibility index (Phi) is 5.92. The molecule has 0 saturated heterocycles. The molecule has 0 aromatic heterocycles. The highest BCUT2D eigenvalue weighted by Crippen LogP contribution is 2.11. The second-order valence-electron chi connectivity index (χ2n) is 5.44. The summed E-state index contributed by atoms with van der Waals surface area (Å²) in [4.78, 5) is 24.2. The van der Waals surface area contributed by atoms with Gasteiger partial charge in [-0.05, 0) is 23.6 Å². The normalized spacial score (nSPS) is 11.6. The van der Waals surface area contributed by atoms with Gasteiger partial charge in [0, 0.05) is 6.42 Å². The molecule has 2 rings (SSSR count). The van der Waals surface area contributed by atoms with Crippen LogP contribution in [0.15, 0.2) is 54.6 Å². The van der Waals surface area contributed by atoms with Crippen molar-refractivity contribution in [2.45, 2.75) is 25.8 Å². The fraction of sp³-hybridized carbons (Fsp3) is 0.263. The molecule has 0 spiro atoms. The number of aryl methyl sites for hydroxylation is 1. The third-order valence-corrected chi connectivity index (χ3v) is 3.71. The Morgan fingerprint density at radius 3 is 2.35 bits per heavy atom. The average Bonchev–Trinajstić information content (AvgIpc) is 2.56. The minimum absolute atomic E-state index is 0.194. The third kappa shape index (κ3) is 4.95. The summed E-state index contributed by atoms with van der Waals surface area (Å²) in [7, 11) is 1.33. The molecule has 0 unspecified atom stereocenters. The van der Waals surface area contributed by atoms with E-state index in [9.17, 15) is 9.59 Å². The van der Waals surface area contributed by atoms with Gasteiger partial charge in [-0.25, -0.2) is 4.79 Å². The minimum atomic E-state index is -0.683. The molecular formula is C19H21NO3. The fourth-order valence-corrected chi connectivity index (χ4v) is 2.42. The molecular weight excluding hydrogens is 290 g/mol. The number of amides is 1. The number of carbonyl (C=O) groups excluding carboxylic acids is 2. The molecule has 1 N–H and O–H groups in total. The van der Waals surface area contributed by atoms with Gasteiger partial charge < -0.3 is 10.1 Å². The molecule has 0 bridgehead atoms. The van der Waals surface area contributed by atoms with E-state index in [-0.39, 0.29) is 12.3 Å². The number of esters is 1. The van der Waals surface area contributed by atoms with E-state index in [0.29, 0.717) is 6.42 Å². The number of rotatable bonds is 6. The monoisotopic (exact) mass is 311 g/mol. The first-order valence-electron chi connectivity index (χ1n) is 7.55. The maximum atomic E-state index is 12.2. The van der Waals surface area contributed by atoms with Crippen molar-refractivity contribution in [1.29, 1.82) is 0 Å². The number of carbonyl (C=O) groups is 2. The van der Waals surface area contributed by atoms with E-state index in [1.165, 1.54) is 7.11 Å². The zero-order valence-corrected chi connectivity index (χ0v) is 13.4. The predicted molar refractivity (Wildman–Crippen MR) is 89.0 cm³/mol. The van der Waals surface area contributed by atoms with Gasteiger partial charge in [0.2, 0.25) is 5.91 Å². The Bertz CT molecular complexity index is 667. The van der Waals surface area contributed by atoms with Gasteiger partial charge in [0.1, 0.15) is 6.04 Å². The first-order chi connectivity index (χ1) is 11.1. The second-order valence-corrected chi connectivity index (χ2v) is 5.44. The summed E-state index contributed by atoms with van der Waals surface area (Å²) < 4.78 is 4.82. The summed E-state index contributed by atoms with van der Waals surface area (Å²) in [5.41, 5.74) is 3.01. The number of methoxy groups -OCH3 is 1. The maximum Gasteiger partial charge on any atom is 0.328 e. The van der Waals surface area contributed by atoms with Gasteiger partial charge in [-0.3, -0.25) is 4.79 Å². The van der Waals surface area contributed by atoms with Crippen LogP contribution in [0.4, 0.5) is 0 Å². The van der Waals surface area contributed by atoms with Crippen LogP contribution in [0.25, 0.3) is 0 Å². The molecule has 0 aliphatic rings. The molecule has 0 aliphatic carbocycles. The molecule has 1 amide bonds. The lowest BCUT2D eigenvalue weighted by Gasteiger charge is -2.17. The summed E-state index contributed by atoms with van der Waals surface area (Å²) in [6.07, 6.45) is 0.655. The third-order valence-electron chi connectivity index (χ3n) is 3.71. The molecule has 0 heterocycles. The molecule has 0 aliphatic heterocycles. The van der Waals surface area contributed by atoms with Gasteiger partial charge in [0.25, 0.3) is 0 Å². The van der Waals surface area contributed by atoms with Crippen LogP contribution in [0, 0.1) is 6.92 Å². The van der Waals surface area contributed by atoms with Gasteiger partial charge in [-0.2, -0.15) is 0 Å². The zero-order valence-electron chi connectivity index (χ0n) is 13.4. The highest BCUT2D eigenvalue weighted by molar-refractivity contribution is 5.85. The van der Waals surface area contributed by atoms with E-state index in [0.717, 1.165) is 16.7 Å².